The summed E-state index contributed by atoms with van der Waals surface area (Å²) in [7, 11) is 0. The molecule has 1 amide bonds. The first-order chi connectivity index (χ1) is 11.8. The van der Waals surface area contributed by atoms with E-state index in [1.165, 1.54) is 0 Å². The van der Waals surface area contributed by atoms with Crippen molar-refractivity contribution in [1.82, 2.24) is 0 Å². The van der Waals surface area contributed by atoms with Gasteiger partial charge in [-0.3, -0.25) is 4.79 Å². The SMILES string of the molecule is O=CC1(Nc2ccc(Cl)c(Cl)c2)CC1C(=O)Nc1ccc(Cl)c(Cl)c1. The summed E-state index contributed by atoms with van der Waals surface area (Å²) < 4.78 is 0. The van der Waals surface area contributed by atoms with Crippen molar-refractivity contribution in [2.24, 2.45) is 5.92 Å². The summed E-state index contributed by atoms with van der Waals surface area (Å²) in [4.78, 5) is 24.0. The molecular weight excluding hydrogens is 406 g/mol. The number of aldehydes is 1. The highest BCUT2D eigenvalue weighted by Crippen LogP contribution is 2.45. The fourth-order valence-corrected chi connectivity index (χ4v) is 3.15. The molecule has 1 saturated carbocycles. The van der Waals surface area contributed by atoms with Crippen LogP contribution in [0.25, 0.3) is 0 Å². The fourth-order valence-electron chi connectivity index (χ4n) is 2.55. The third kappa shape index (κ3) is 3.87. The minimum absolute atomic E-state index is 0.280. The number of anilines is 2. The zero-order valence-electron chi connectivity index (χ0n) is 12.7. The summed E-state index contributed by atoms with van der Waals surface area (Å²) in [6.07, 6.45) is 1.12. The van der Waals surface area contributed by atoms with Crippen LogP contribution in [0.1, 0.15) is 6.42 Å². The quantitative estimate of drug-likeness (QED) is 0.648. The number of halogens is 4. The molecule has 130 valence electrons. The van der Waals surface area contributed by atoms with Crippen LogP contribution >= 0.6 is 46.4 Å². The molecule has 0 saturated heterocycles. The smallest absolute Gasteiger partial charge is 0.230 e. The Morgan fingerprint density at radius 2 is 1.52 bits per heavy atom. The molecule has 4 nitrogen and oxygen atoms in total. The van der Waals surface area contributed by atoms with E-state index < -0.39 is 11.5 Å². The van der Waals surface area contributed by atoms with E-state index in [0.717, 1.165) is 6.29 Å². The van der Waals surface area contributed by atoms with Crippen molar-refractivity contribution in [3.63, 3.8) is 0 Å². The number of amides is 1. The molecule has 3 rings (SSSR count). The molecule has 2 aromatic carbocycles. The van der Waals surface area contributed by atoms with Crippen LogP contribution in [0.5, 0.6) is 0 Å². The summed E-state index contributed by atoms with van der Waals surface area (Å²) in [5.41, 5.74) is 0.171. The second-order valence-electron chi connectivity index (χ2n) is 5.79. The Balaban J connectivity index is 1.70. The number of carbonyl (C=O) groups excluding carboxylic acids is 2. The third-order valence-corrected chi connectivity index (χ3v) is 5.49. The summed E-state index contributed by atoms with van der Waals surface area (Å²) in [6, 6.07) is 9.72. The van der Waals surface area contributed by atoms with Crippen molar-refractivity contribution in [2.45, 2.75) is 12.0 Å². The van der Waals surface area contributed by atoms with Crippen LogP contribution < -0.4 is 10.6 Å². The number of carbonyl (C=O) groups is 2. The molecule has 8 heteroatoms. The summed E-state index contributed by atoms with van der Waals surface area (Å²) in [5, 5.41) is 7.32. The largest absolute Gasteiger partial charge is 0.372 e. The van der Waals surface area contributed by atoms with E-state index in [-0.39, 0.29) is 5.91 Å². The molecule has 1 aliphatic carbocycles. The van der Waals surface area contributed by atoms with Crippen molar-refractivity contribution in [1.29, 1.82) is 0 Å². The molecule has 2 unspecified atom stereocenters. The monoisotopic (exact) mass is 416 g/mol. The van der Waals surface area contributed by atoms with Crippen molar-refractivity contribution in [2.75, 3.05) is 10.6 Å². The molecule has 0 aromatic heterocycles. The van der Waals surface area contributed by atoms with Gasteiger partial charge >= 0.3 is 0 Å². The van der Waals surface area contributed by atoms with Gasteiger partial charge in [-0.1, -0.05) is 46.4 Å². The van der Waals surface area contributed by atoms with Crippen molar-refractivity contribution in [3.8, 4) is 0 Å². The first kappa shape index (κ1) is 18.3. The Morgan fingerprint density at radius 3 is 2.08 bits per heavy atom. The van der Waals surface area contributed by atoms with Crippen LogP contribution in [-0.2, 0) is 9.59 Å². The van der Waals surface area contributed by atoms with Gasteiger partial charge in [0.05, 0.1) is 26.0 Å². The molecule has 2 N–H and O–H groups in total. The first-order valence-corrected chi connectivity index (χ1v) is 8.81. The third-order valence-electron chi connectivity index (χ3n) is 4.01. The molecule has 1 aliphatic rings. The molecule has 2 aromatic rings. The van der Waals surface area contributed by atoms with Gasteiger partial charge in [0.15, 0.2) is 0 Å². The number of nitrogens with one attached hydrogen (secondary N) is 2. The minimum atomic E-state index is -0.961. The van der Waals surface area contributed by atoms with Gasteiger partial charge in [0, 0.05) is 11.4 Å². The Morgan fingerprint density at radius 1 is 0.960 bits per heavy atom. The average molecular weight is 418 g/mol. The number of benzene rings is 2. The van der Waals surface area contributed by atoms with Gasteiger partial charge < -0.3 is 15.4 Å². The summed E-state index contributed by atoms with van der Waals surface area (Å²) in [6.45, 7) is 0. The maximum atomic E-state index is 12.4. The predicted molar refractivity (Wildman–Crippen MR) is 102 cm³/mol. The zero-order valence-corrected chi connectivity index (χ0v) is 15.7. The van der Waals surface area contributed by atoms with E-state index in [4.69, 9.17) is 46.4 Å². The molecule has 0 spiro atoms. The average Bonchev–Trinajstić information content (AvgIpc) is 3.29. The number of hydrogen-bond donors (Lipinski definition) is 2. The maximum absolute atomic E-state index is 12.4. The lowest BCUT2D eigenvalue weighted by atomic mass is 10.2. The van der Waals surface area contributed by atoms with E-state index in [1.54, 1.807) is 36.4 Å². The first-order valence-electron chi connectivity index (χ1n) is 7.30. The van der Waals surface area contributed by atoms with E-state index >= 15 is 0 Å². The highest BCUT2D eigenvalue weighted by Gasteiger charge is 2.59. The second-order valence-corrected chi connectivity index (χ2v) is 7.42. The minimum Gasteiger partial charge on any atom is -0.372 e. The molecule has 1 fully saturated rings. The van der Waals surface area contributed by atoms with Crippen LogP contribution in [0, 0.1) is 5.92 Å². The van der Waals surface area contributed by atoms with Crippen LogP contribution in [-0.4, -0.2) is 17.7 Å². The molecule has 2 atom stereocenters. The van der Waals surface area contributed by atoms with Crippen molar-refractivity contribution >= 4 is 70.0 Å². The highest BCUT2D eigenvalue weighted by molar-refractivity contribution is 6.42. The van der Waals surface area contributed by atoms with Gasteiger partial charge in [0.2, 0.25) is 5.91 Å². The predicted octanol–water partition coefficient (Wildman–Crippen LogP) is 5.31. The van der Waals surface area contributed by atoms with Crippen LogP contribution in [0.4, 0.5) is 11.4 Å². The van der Waals surface area contributed by atoms with Crippen LogP contribution in [0.2, 0.25) is 20.1 Å². The molecule has 0 bridgehead atoms. The molecule has 25 heavy (non-hydrogen) atoms. The lowest BCUT2D eigenvalue weighted by molar-refractivity contribution is -0.119. The Hall–Kier alpha value is -1.46. The van der Waals surface area contributed by atoms with E-state index in [9.17, 15) is 9.59 Å². The van der Waals surface area contributed by atoms with Gasteiger partial charge in [0.1, 0.15) is 11.8 Å². The van der Waals surface area contributed by atoms with E-state index in [2.05, 4.69) is 10.6 Å². The van der Waals surface area contributed by atoms with Gasteiger partial charge in [-0.15, -0.1) is 0 Å². The maximum Gasteiger partial charge on any atom is 0.230 e. The van der Waals surface area contributed by atoms with Crippen molar-refractivity contribution < 1.29 is 9.59 Å². The van der Waals surface area contributed by atoms with Crippen molar-refractivity contribution in [3.05, 3.63) is 56.5 Å². The lowest BCUT2D eigenvalue weighted by Crippen LogP contribution is -2.30. The summed E-state index contributed by atoms with van der Waals surface area (Å²) in [5.74, 6) is -0.785. The van der Waals surface area contributed by atoms with Crippen LogP contribution in [0.15, 0.2) is 36.4 Å². The van der Waals surface area contributed by atoms with Gasteiger partial charge in [-0.25, -0.2) is 0 Å². The Labute approximate surface area is 164 Å². The summed E-state index contributed by atoms with van der Waals surface area (Å²) >= 11 is 23.6. The molecular formula is C17H12Cl4N2O2. The zero-order chi connectivity index (χ0) is 18.2. The van der Waals surface area contributed by atoms with Crippen LogP contribution in [0.3, 0.4) is 0 Å². The van der Waals surface area contributed by atoms with Gasteiger partial charge in [-0.05, 0) is 42.8 Å². The van der Waals surface area contributed by atoms with E-state index in [1.807, 2.05) is 0 Å². The second kappa shape index (κ2) is 7.04. The van der Waals surface area contributed by atoms with Gasteiger partial charge in [-0.2, -0.15) is 0 Å². The fraction of sp³-hybridized carbons (Fsp3) is 0.176. The van der Waals surface area contributed by atoms with Gasteiger partial charge in [0.25, 0.3) is 0 Å². The lowest BCUT2D eigenvalue weighted by Gasteiger charge is -2.15. The number of hydrogen-bond acceptors (Lipinski definition) is 3. The molecule has 0 radical (unpaired) electrons. The highest BCUT2D eigenvalue weighted by atomic mass is 35.5. The standard InChI is InChI=1S/C17H12Cl4N2O2/c18-12-3-1-9(5-14(12)20)22-16(25)11-7-17(11,8-24)23-10-2-4-13(19)15(21)6-10/h1-6,8,11,23H,7H2,(H,22,25). The Bertz CT molecular complexity index is 859. The Kier molecular flexibility index (Phi) is 5.16. The van der Waals surface area contributed by atoms with E-state index in [0.29, 0.717) is 37.9 Å². The number of rotatable bonds is 5. The normalized spacial score (nSPS) is 21.5. The molecule has 0 heterocycles. The molecule has 0 aliphatic heterocycles. The topological polar surface area (TPSA) is 58.2 Å².